The predicted molar refractivity (Wildman–Crippen MR) is 73.4 cm³/mol. The highest BCUT2D eigenvalue weighted by Crippen LogP contribution is 2.17. The fourth-order valence-corrected chi connectivity index (χ4v) is 2.06. The van der Waals surface area contributed by atoms with E-state index in [0.717, 1.165) is 10.0 Å². The van der Waals surface area contributed by atoms with Crippen LogP contribution in [0.1, 0.15) is 11.1 Å². The Morgan fingerprint density at radius 1 is 1.11 bits per heavy atom. The molecular formula is C14H13BrFNO. The van der Waals surface area contributed by atoms with Gasteiger partial charge in [-0.1, -0.05) is 40.2 Å². The number of anilines is 1. The van der Waals surface area contributed by atoms with Gasteiger partial charge in [0.25, 0.3) is 0 Å². The summed E-state index contributed by atoms with van der Waals surface area (Å²) in [5.41, 5.74) is 7.15. The molecule has 2 N–H and O–H groups in total. The van der Waals surface area contributed by atoms with Gasteiger partial charge in [-0.15, -0.1) is 0 Å². The van der Waals surface area contributed by atoms with Crippen molar-refractivity contribution >= 4 is 21.6 Å². The number of rotatable bonds is 4. The third kappa shape index (κ3) is 3.31. The van der Waals surface area contributed by atoms with E-state index in [1.165, 1.54) is 6.07 Å². The molecule has 2 aromatic rings. The summed E-state index contributed by atoms with van der Waals surface area (Å²) < 4.78 is 20.1. The Morgan fingerprint density at radius 2 is 1.89 bits per heavy atom. The zero-order valence-electron chi connectivity index (χ0n) is 9.70. The van der Waals surface area contributed by atoms with Crippen LogP contribution in [0.4, 0.5) is 10.1 Å². The van der Waals surface area contributed by atoms with E-state index in [-0.39, 0.29) is 12.3 Å². The van der Waals surface area contributed by atoms with Gasteiger partial charge in [0.1, 0.15) is 0 Å². The SMILES string of the molecule is Nc1cccc(COCc2cccc(Br)c2)c1F. The van der Waals surface area contributed by atoms with Crippen LogP contribution in [0.3, 0.4) is 0 Å². The van der Waals surface area contributed by atoms with Crippen LogP contribution < -0.4 is 5.73 Å². The van der Waals surface area contributed by atoms with Gasteiger partial charge in [-0.3, -0.25) is 0 Å². The minimum absolute atomic E-state index is 0.151. The lowest BCUT2D eigenvalue weighted by atomic mass is 10.2. The van der Waals surface area contributed by atoms with Crippen molar-refractivity contribution in [1.82, 2.24) is 0 Å². The molecular weight excluding hydrogens is 297 g/mol. The fourth-order valence-electron chi connectivity index (χ4n) is 1.62. The van der Waals surface area contributed by atoms with Gasteiger partial charge < -0.3 is 10.5 Å². The van der Waals surface area contributed by atoms with E-state index in [1.807, 2.05) is 24.3 Å². The average molecular weight is 310 g/mol. The number of nitrogen functional groups attached to an aromatic ring is 1. The maximum atomic E-state index is 13.6. The molecule has 94 valence electrons. The number of ether oxygens (including phenoxy) is 1. The Hall–Kier alpha value is -1.39. The second-order valence-corrected chi connectivity index (χ2v) is 4.86. The minimum atomic E-state index is -0.397. The highest BCUT2D eigenvalue weighted by atomic mass is 79.9. The van der Waals surface area contributed by atoms with E-state index >= 15 is 0 Å². The summed E-state index contributed by atoms with van der Waals surface area (Å²) in [7, 11) is 0. The van der Waals surface area contributed by atoms with Crippen molar-refractivity contribution in [2.75, 3.05) is 5.73 Å². The van der Waals surface area contributed by atoms with E-state index in [0.29, 0.717) is 12.2 Å². The van der Waals surface area contributed by atoms with Crippen LogP contribution in [0.5, 0.6) is 0 Å². The van der Waals surface area contributed by atoms with Crippen LogP contribution in [0.25, 0.3) is 0 Å². The lowest BCUT2D eigenvalue weighted by Gasteiger charge is -2.07. The van der Waals surface area contributed by atoms with Gasteiger partial charge in [0.2, 0.25) is 0 Å². The Bertz CT molecular complexity index is 545. The number of hydrogen-bond donors (Lipinski definition) is 1. The average Bonchev–Trinajstić information content (AvgIpc) is 2.35. The summed E-state index contributed by atoms with van der Waals surface area (Å²) >= 11 is 3.39. The van der Waals surface area contributed by atoms with E-state index in [2.05, 4.69) is 15.9 Å². The normalized spacial score (nSPS) is 10.6. The van der Waals surface area contributed by atoms with Gasteiger partial charge in [0, 0.05) is 10.0 Å². The van der Waals surface area contributed by atoms with Gasteiger partial charge >= 0.3 is 0 Å². The largest absolute Gasteiger partial charge is 0.396 e. The quantitative estimate of drug-likeness (QED) is 0.870. The van der Waals surface area contributed by atoms with Crippen molar-refractivity contribution < 1.29 is 9.13 Å². The van der Waals surface area contributed by atoms with E-state index in [9.17, 15) is 4.39 Å². The molecule has 18 heavy (non-hydrogen) atoms. The summed E-state index contributed by atoms with van der Waals surface area (Å²) in [6, 6.07) is 12.7. The Morgan fingerprint density at radius 3 is 2.67 bits per heavy atom. The molecule has 4 heteroatoms. The fraction of sp³-hybridized carbons (Fsp3) is 0.143. The van der Waals surface area contributed by atoms with Crippen molar-refractivity contribution in [3.8, 4) is 0 Å². The molecule has 2 rings (SSSR count). The molecule has 0 unspecified atom stereocenters. The van der Waals surface area contributed by atoms with Crippen LogP contribution in [0.15, 0.2) is 46.9 Å². The molecule has 0 aliphatic heterocycles. The molecule has 0 bridgehead atoms. The van der Waals surface area contributed by atoms with Crippen LogP contribution in [0.2, 0.25) is 0 Å². The summed E-state index contributed by atoms with van der Waals surface area (Å²) in [5.74, 6) is -0.397. The summed E-state index contributed by atoms with van der Waals surface area (Å²) in [6.07, 6.45) is 0. The molecule has 0 radical (unpaired) electrons. The van der Waals surface area contributed by atoms with Crippen LogP contribution in [-0.2, 0) is 18.0 Å². The highest BCUT2D eigenvalue weighted by molar-refractivity contribution is 9.10. The molecule has 0 heterocycles. The molecule has 2 nitrogen and oxygen atoms in total. The molecule has 0 spiro atoms. The lowest BCUT2D eigenvalue weighted by molar-refractivity contribution is 0.105. The van der Waals surface area contributed by atoms with Crippen LogP contribution in [-0.4, -0.2) is 0 Å². The first-order valence-electron chi connectivity index (χ1n) is 5.52. The number of nitrogens with two attached hydrogens (primary N) is 1. The first-order valence-corrected chi connectivity index (χ1v) is 6.31. The maximum Gasteiger partial charge on any atom is 0.151 e. The first-order chi connectivity index (χ1) is 8.66. The Kier molecular flexibility index (Phi) is 4.33. The van der Waals surface area contributed by atoms with Gasteiger partial charge in [-0.25, -0.2) is 4.39 Å². The zero-order valence-corrected chi connectivity index (χ0v) is 11.3. The van der Waals surface area contributed by atoms with Crippen LogP contribution in [0, 0.1) is 5.82 Å². The van der Waals surface area contributed by atoms with Gasteiger partial charge in [0.05, 0.1) is 18.9 Å². The zero-order chi connectivity index (χ0) is 13.0. The summed E-state index contributed by atoms with van der Waals surface area (Å²) in [6.45, 7) is 0.650. The number of halogens is 2. The predicted octanol–water partition coefficient (Wildman–Crippen LogP) is 3.89. The van der Waals surface area contributed by atoms with Crippen molar-refractivity contribution in [2.24, 2.45) is 0 Å². The van der Waals surface area contributed by atoms with Crippen molar-refractivity contribution in [3.05, 3.63) is 63.9 Å². The van der Waals surface area contributed by atoms with Gasteiger partial charge in [-0.2, -0.15) is 0 Å². The van der Waals surface area contributed by atoms with Crippen LogP contribution >= 0.6 is 15.9 Å². The molecule has 0 amide bonds. The molecule has 0 saturated heterocycles. The third-order valence-corrected chi connectivity index (χ3v) is 3.02. The summed E-state index contributed by atoms with van der Waals surface area (Å²) in [4.78, 5) is 0. The number of benzene rings is 2. The Balaban J connectivity index is 1.94. The van der Waals surface area contributed by atoms with E-state index in [1.54, 1.807) is 12.1 Å². The van der Waals surface area contributed by atoms with Gasteiger partial charge in [-0.05, 0) is 23.8 Å². The lowest BCUT2D eigenvalue weighted by Crippen LogP contribution is -2.00. The molecule has 2 aromatic carbocycles. The second-order valence-electron chi connectivity index (χ2n) is 3.94. The minimum Gasteiger partial charge on any atom is -0.396 e. The molecule has 0 aliphatic carbocycles. The third-order valence-electron chi connectivity index (χ3n) is 2.52. The second kappa shape index (κ2) is 5.98. The van der Waals surface area contributed by atoms with Crippen molar-refractivity contribution in [2.45, 2.75) is 13.2 Å². The van der Waals surface area contributed by atoms with E-state index < -0.39 is 5.82 Å². The van der Waals surface area contributed by atoms with Crippen molar-refractivity contribution in [3.63, 3.8) is 0 Å². The molecule has 0 saturated carbocycles. The summed E-state index contributed by atoms with van der Waals surface area (Å²) in [5, 5.41) is 0. The first kappa shape index (κ1) is 13.1. The van der Waals surface area contributed by atoms with E-state index in [4.69, 9.17) is 10.5 Å². The van der Waals surface area contributed by atoms with Gasteiger partial charge in [0.15, 0.2) is 5.82 Å². The highest BCUT2D eigenvalue weighted by Gasteiger charge is 2.05. The smallest absolute Gasteiger partial charge is 0.151 e. The monoisotopic (exact) mass is 309 g/mol. The molecule has 0 aliphatic rings. The Labute approximate surface area is 114 Å². The standard InChI is InChI=1S/C14H13BrFNO/c15-12-5-1-3-10(7-12)8-18-9-11-4-2-6-13(17)14(11)16/h1-7H,8-9,17H2. The van der Waals surface area contributed by atoms with Crippen molar-refractivity contribution in [1.29, 1.82) is 0 Å². The topological polar surface area (TPSA) is 35.2 Å². The molecule has 0 aromatic heterocycles. The molecule has 0 fully saturated rings. The maximum absolute atomic E-state index is 13.6. The number of hydrogen-bond acceptors (Lipinski definition) is 2. The molecule has 0 atom stereocenters.